The number of hydrogen-bond acceptors (Lipinski definition) is 3. The third-order valence-electron chi connectivity index (χ3n) is 4.55. The molecule has 0 amide bonds. The van der Waals surface area contributed by atoms with Crippen LogP contribution in [0.4, 0.5) is 8.78 Å². The van der Waals surface area contributed by atoms with E-state index in [4.69, 9.17) is 0 Å². The molecule has 0 saturated heterocycles. The van der Waals surface area contributed by atoms with Crippen LogP contribution in [-0.2, 0) is 16.4 Å². The van der Waals surface area contributed by atoms with E-state index in [0.29, 0.717) is 18.9 Å². The largest absolute Gasteiger partial charge is 0.336 e. The number of nitrogens with zero attached hydrogens (tertiary/aromatic N) is 2. The minimum atomic E-state index is -3.94. The maximum absolute atomic E-state index is 14.1. The van der Waals surface area contributed by atoms with E-state index in [2.05, 4.69) is 4.98 Å². The molecule has 1 aromatic heterocycles. The lowest BCUT2D eigenvalue weighted by molar-refractivity contribution is 0.334. The molecule has 1 saturated carbocycles. The lowest BCUT2D eigenvalue weighted by Gasteiger charge is -2.37. The molecule has 1 heterocycles. The zero-order valence-electron chi connectivity index (χ0n) is 12.6. The Hall–Kier alpha value is -1.76. The lowest BCUT2D eigenvalue weighted by Crippen LogP contribution is -2.44. The third kappa shape index (κ3) is 2.89. The Morgan fingerprint density at radius 1 is 1.17 bits per heavy atom. The van der Waals surface area contributed by atoms with Gasteiger partial charge in [0.25, 0.3) is 0 Å². The normalized spacial score (nSPS) is 18.0. The minimum Gasteiger partial charge on any atom is -0.336 e. The summed E-state index contributed by atoms with van der Waals surface area (Å²) >= 11 is 0. The number of hydrogen-bond donors (Lipinski definition) is 0. The summed E-state index contributed by atoms with van der Waals surface area (Å²) in [4.78, 5) is 3.53. The second-order valence-corrected chi connectivity index (χ2v) is 8.37. The summed E-state index contributed by atoms with van der Waals surface area (Å²) in [6, 6.07) is 2.65. The SMILES string of the molecule is O=S(=O)(c1ccc(F)cc1F)C1(Cn2ccnc2)CCCCC1. The predicted molar refractivity (Wildman–Crippen MR) is 81.6 cm³/mol. The Kier molecular flexibility index (Phi) is 4.23. The highest BCUT2D eigenvalue weighted by atomic mass is 32.2. The molecule has 3 rings (SSSR count). The van der Waals surface area contributed by atoms with E-state index < -0.39 is 31.1 Å². The maximum atomic E-state index is 14.1. The van der Waals surface area contributed by atoms with Crippen LogP contribution in [0.3, 0.4) is 0 Å². The van der Waals surface area contributed by atoms with Gasteiger partial charge in [-0.2, -0.15) is 0 Å². The number of benzene rings is 1. The Balaban J connectivity index is 2.07. The molecule has 0 radical (unpaired) electrons. The van der Waals surface area contributed by atoms with Crippen molar-refractivity contribution >= 4 is 9.84 Å². The zero-order valence-corrected chi connectivity index (χ0v) is 13.4. The van der Waals surface area contributed by atoms with Crippen LogP contribution < -0.4 is 0 Å². The van der Waals surface area contributed by atoms with E-state index in [0.717, 1.165) is 31.4 Å². The van der Waals surface area contributed by atoms with Crippen LogP contribution in [0.5, 0.6) is 0 Å². The van der Waals surface area contributed by atoms with Gasteiger partial charge >= 0.3 is 0 Å². The van der Waals surface area contributed by atoms with Gasteiger partial charge in [-0.05, 0) is 25.0 Å². The van der Waals surface area contributed by atoms with Crippen LogP contribution in [0, 0.1) is 11.6 Å². The van der Waals surface area contributed by atoms with Crippen molar-refractivity contribution in [2.24, 2.45) is 0 Å². The van der Waals surface area contributed by atoms with Crippen molar-refractivity contribution in [3.05, 3.63) is 48.6 Å². The van der Waals surface area contributed by atoms with Gasteiger partial charge in [-0.15, -0.1) is 0 Å². The maximum Gasteiger partial charge on any atom is 0.188 e. The second-order valence-electron chi connectivity index (χ2n) is 6.06. The fraction of sp³-hybridized carbons (Fsp3) is 0.438. The molecule has 1 aliphatic carbocycles. The second kappa shape index (κ2) is 6.03. The van der Waals surface area contributed by atoms with Crippen molar-refractivity contribution in [2.45, 2.75) is 48.3 Å². The molecule has 1 aliphatic rings. The highest BCUT2D eigenvalue weighted by Crippen LogP contribution is 2.41. The van der Waals surface area contributed by atoms with Crippen LogP contribution in [0.1, 0.15) is 32.1 Å². The molecule has 0 bridgehead atoms. The van der Waals surface area contributed by atoms with Crippen molar-refractivity contribution in [3.63, 3.8) is 0 Å². The molecule has 1 fully saturated rings. The summed E-state index contributed by atoms with van der Waals surface area (Å²) in [6.45, 7) is 0.228. The molecule has 0 unspecified atom stereocenters. The molecule has 0 atom stereocenters. The van der Waals surface area contributed by atoms with E-state index in [1.165, 1.54) is 0 Å². The van der Waals surface area contributed by atoms with Gasteiger partial charge in [-0.25, -0.2) is 22.2 Å². The molecule has 1 aromatic carbocycles. The van der Waals surface area contributed by atoms with Gasteiger partial charge in [0, 0.05) is 25.0 Å². The zero-order chi connectivity index (χ0) is 16.5. The molecular formula is C16H18F2N2O2S. The van der Waals surface area contributed by atoms with Gasteiger partial charge in [-0.3, -0.25) is 0 Å². The minimum absolute atomic E-state index is 0.228. The fourth-order valence-corrected chi connectivity index (χ4v) is 5.52. The molecule has 0 aliphatic heterocycles. The topological polar surface area (TPSA) is 52.0 Å². The van der Waals surface area contributed by atoms with Gasteiger partial charge in [0.15, 0.2) is 9.84 Å². The number of halogens is 2. The number of sulfone groups is 1. The van der Waals surface area contributed by atoms with Crippen LogP contribution in [0.25, 0.3) is 0 Å². The first-order valence-corrected chi connectivity index (χ1v) is 9.08. The van der Waals surface area contributed by atoms with Gasteiger partial charge in [0.1, 0.15) is 16.5 Å². The number of rotatable bonds is 4. The van der Waals surface area contributed by atoms with Crippen LogP contribution >= 0.6 is 0 Å². The average Bonchev–Trinajstić information content (AvgIpc) is 3.00. The molecule has 0 N–H and O–H groups in total. The summed E-state index contributed by atoms with van der Waals surface area (Å²) in [6.07, 6.45) is 8.29. The van der Waals surface area contributed by atoms with E-state index in [-0.39, 0.29) is 6.54 Å². The van der Waals surface area contributed by atoms with Gasteiger partial charge in [-0.1, -0.05) is 19.3 Å². The summed E-state index contributed by atoms with van der Waals surface area (Å²) in [7, 11) is -3.94. The molecule has 4 nitrogen and oxygen atoms in total. The van der Waals surface area contributed by atoms with Crippen molar-refractivity contribution in [1.82, 2.24) is 9.55 Å². The smallest absolute Gasteiger partial charge is 0.188 e. The molecule has 7 heteroatoms. The van der Waals surface area contributed by atoms with Crippen LogP contribution in [0.15, 0.2) is 41.8 Å². The summed E-state index contributed by atoms with van der Waals surface area (Å²) < 4.78 is 54.2. The highest BCUT2D eigenvalue weighted by molar-refractivity contribution is 7.92. The molecule has 2 aromatic rings. The molecular weight excluding hydrogens is 322 g/mol. The monoisotopic (exact) mass is 340 g/mol. The summed E-state index contributed by atoms with van der Waals surface area (Å²) in [5, 5.41) is 0. The fourth-order valence-electron chi connectivity index (χ4n) is 3.35. The van der Waals surface area contributed by atoms with E-state index in [1.54, 1.807) is 23.3 Å². The first-order valence-electron chi connectivity index (χ1n) is 7.60. The number of aromatic nitrogens is 2. The van der Waals surface area contributed by atoms with E-state index in [1.807, 2.05) is 0 Å². The Labute approximate surface area is 134 Å². The quantitative estimate of drug-likeness (QED) is 0.802. The highest BCUT2D eigenvalue weighted by Gasteiger charge is 2.46. The summed E-state index contributed by atoms with van der Waals surface area (Å²) in [5.41, 5.74) is 0. The van der Waals surface area contributed by atoms with Crippen molar-refractivity contribution in [2.75, 3.05) is 0 Å². The first-order chi connectivity index (χ1) is 10.9. The average molecular weight is 340 g/mol. The van der Waals surface area contributed by atoms with Gasteiger partial charge < -0.3 is 4.57 Å². The van der Waals surface area contributed by atoms with Crippen molar-refractivity contribution in [3.8, 4) is 0 Å². The van der Waals surface area contributed by atoms with Crippen molar-refractivity contribution in [1.29, 1.82) is 0 Å². The molecule has 23 heavy (non-hydrogen) atoms. The van der Waals surface area contributed by atoms with Gasteiger partial charge in [0.2, 0.25) is 0 Å². The Morgan fingerprint density at radius 2 is 1.91 bits per heavy atom. The third-order valence-corrected chi connectivity index (χ3v) is 7.14. The molecule has 0 spiro atoms. The lowest BCUT2D eigenvalue weighted by atomic mass is 9.88. The van der Waals surface area contributed by atoms with Crippen LogP contribution in [-0.4, -0.2) is 22.7 Å². The molecule has 124 valence electrons. The number of imidazole rings is 1. The Morgan fingerprint density at radius 3 is 2.52 bits per heavy atom. The van der Waals surface area contributed by atoms with Crippen molar-refractivity contribution < 1.29 is 17.2 Å². The predicted octanol–water partition coefficient (Wildman–Crippen LogP) is 3.34. The van der Waals surface area contributed by atoms with E-state index in [9.17, 15) is 17.2 Å². The standard InChI is InChI=1S/C16H18F2N2O2S/c17-13-4-5-15(14(18)10-13)23(21,22)16(6-2-1-3-7-16)11-20-9-8-19-12-20/h4-5,8-10,12H,1-3,6-7,11H2. The van der Waals surface area contributed by atoms with Crippen LogP contribution in [0.2, 0.25) is 0 Å². The Bertz CT molecular complexity index is 782. The first kappa shape index (κ1) is 16.1. The van der Waals surface area contributed by atoms with Gasteiger partial charge in [0.05, 0.1) is 11.1 Å². The van der Waals surface area contributed by atoms with E-state index >= 15 is 0 Å². The summed E-state index contributed by atoms with van der Waals surface area (Å²) in [5.74, 6) is -1.81.